The second-order valence-electron chi connectivity index (χ2n) is 9.66. The molecule has 0 amide bonds. The summed E-state index contributed by atoms with van der Waals surface area (Å²) in [7, 11) is 0. The van der Waals surface area contributed by atoms with E-state index in [1.54, 1.807) is 18.7 Å². The number of rotatable bonds is 18. The van der Waals surface area contributed by atoms with Gasteiger partial charge in [-0.1, -0.05) is 119 Å². The monoisotopic (exact) mass is 534 g/mol. The van der Waals surface area contributed by atoms with Crippen molar-refractivity contribution in [2.24, 2.45) is 0 Å². The Bertz CT molecular complexity index is 1040. The number of ether oxygens (including phenoxy) is 2. The average Bonchev–Trinajstić information content (AvgIpc) is 2.96. The standard InChI is InChI=1S/C32H42N2O3S/c1-3-4-5-6-7-8-9-10-11-15-22-38-32-33-23-29(24-34-32)28-18-20-30(21-19-28)37-26(2)31(35)36-25-27-16-13-12-14-17-27/h12-14,16-21,23-24,26H,3-11,15,22,25H2,1-2H3/t26-/m1/s1. The summed E-state index contributed by atoms with van der Waals surface area (Å²) >= 11 is 1.73. The van der Waals surface area contributed by atoms with Crippen molar-refractivity contribution in [3.05, 3.63) is 72.6 Å². The molecule has 0 fully saturated rings. The number of nitrogens with zero attached hydrogens (tertiary/aromatic N) is 2. The quantitative estimate of drug-likeness (QED) is 0.0704. The second kappa shape index (κ2) is 17.6. The zero-order chi connectivity index (χ0) is 26.8. The first kappa shape index (κ1) is 29.7. The summed E-state index contributed by atoms with van der Waals surface area (Å²) < 4.78 is 11.1. The summed E-state index contributed by atoms with van der Waals surface area (Å²) in [4.78, 5) is 21.3. The Balaban J connectivity index is 1.32. The SMILES string of the molecule is CCCCCCCCCCCCSc1ncc(-c2ccc(O[C@H](C)C(=O)OCc3ccccc3)cc2)cn1. The Kier molecular flexibility index (Phi) is 13.8. The zero-order valence-corrected chi connectivity index (χ0v) is 23.8. The molecule has 1 heterocycles. The van der Waals surface area contributed by atoms with Crippen molar-refractivity contribution >= 4 is 17.7 Å². The van der Waals surface area contributed by atoms with E-state index in [2.05, 4.69) is 16.9 Å². The molecule has 0 unspecified atom stereocenters. The molecule has 1 atom stereocenters. The van der Waals surface area contributed by atoms with Crippen LogP contribution in [0.3, 0.4) is 0 Å². The average molecular weight is 535 g/mol. The minimum absolute atomic E-state index is 0.236. The Hall–Kier alpha value is -2.86. The summed E-state index contributed by atoms with van der Waals surface area (Å²) in [6.45, 7) is 4.20. The molecule has 204 valence electrons. The summed E-state index contributed by atoms with van der Waals surface area (Å²) in [5.74, 6) is 1.29. The van der Waals surface area contributed by atoms with E-state index in [0.29, 0.717) is 5.75 Å². The molecule has 0 saturated carbocycles. The molecule has 5 nitrogen and oxygen atoms in total. The molecule has 0 aliphatic rings. The Morgan fingerprint density at radius 1 is 0.789 bits per heavy atom. The number of hydrogen-bond acceptors (Lipinski definition) is 6. The van der Waals surface area contributed by atoms with Gasteiger partial charge in [0.1, 0.15) is 12.4 Å². The minimum Gasteiger partial charge on any atom is -0.479 e. The van der Waals surface area contributed by atoms with Crippen LogP contribution in [0.2, 0.25) is 0 Å². The van der Waals surface area contributed by atoms with E-state index in [-0.39, 0.29) is 6.61 Å². The van der Waals surface area contributed by atoms with E-state index in [1.165, 1.54) is 64.2 Å². The van der Waals surface area contributed by atoms with Crippen LogP contribution in [-0.2, 0) is 16.1 Å². The van der Waals surface area contributed by atoms with E-state index >= 15 is 0 Å². The van der Waals surface area contributed by atoms with Gasteiger partial charge in [0.2, 0.25) is 0 Å². The smallest absolute Gasteiger partial charge is 0.347 e. The fraction of sp³-hybridized carbons (Fsp3) is 0.469. The van der Waals surface area contributed by atoms with Crippen LogP contribution in [-0.4, -0.2) is 27.8 Å². The highest BCUT2D eigenvalue weighted by Crippen LogP contribution is 2.24. The number of thioether (sulfide) groups is 1. The lowest BCUT2D eigenvalue weighted by Crippen LogP contribution is -2.26. The van der Waals surface area contributed by atoms with Crippen molar-refractivity contribution < 1.29 is 14.3 Å². The maximum absolute atomic E-state index is 12.3. The first-order valence-corrected chi connectivity index (χ1v) is 15.1. The fourth-order valence-electron chi connectivity index (χ4n) is 4.12. The lowest BCUT2D eigenvalue weighted by atomic mass is 10.1. The molecule has 0 saturated heterocycles. The third-order valence-electron chi connectivity index (χ3n) is 6.41. The fourth-order valence-corrected chi connectivity index (χ4v) is 4.90. The van der Waals surface area contributed by atoms with Gasteiger partial charge in [-0.3, -0.25) is 0 Å². The lowest BCUT2D eigenvalue weighted by molar-refractivity contribution is -0.152. The van der Waals surface area contributed by atoms with E-state index < -0.39 is 12.1 Å². The molecule has 3 rings (SSSR count). The Morgan fingerprint density at radius 3 is 2.03 bits per heavy atom. The van der Waals surface area contributed by atoms with E-state index in [1.807, 2.05) is 67.0 Å². The van der Waals surface area contributed by atoms with Crippen LogP contribution in [0.5, 0.6) is 5.75 Å². The molecule has 0 aliphatic carbocycles. The Labute approximate surface area is 232 Å². The maximum Gasteiger partial charge on any atom is 0.347 e. The number of unbranched alkanes of at least 4 members (excludes halogenated alkanes) is 9. The first-order valence-electron chi connectivity index (χ1n) is 14.1. The van der Waals surface area contributed by atoms with Crippen LogP contribution in [0.15, 0.2) is 72.1 Å². The molecular weight excluding hydrogens is 492 g/mol. The van der Waals surface area contributed by atoms with Crippen LogP contribution in [0.1, 0.15) is 83.6 Å². The minimum atomic E-state index is -0.695. The van der Waals surface area contributed by atoms with Crippen LogP contribution in [0, 0.1) is 0 Å². The summed E-state index contributed by atoms with van der Waals surface area (Å²) in [6.07, 6.45) is 16.5. The van der Waals surface area contributed by atoms with Gasteiger partial charge in [0.25, 0.3) is 0 Å². The number of esters is 1. The van der Waals surface area contributed by atoms with E-state index in [9.17, 15) is 4.79 Å². The summed E-state index contributed by atoms with van der Waals surface area (Å²) in [5.41, 5.74) is 2.90. The van der Waals surface area contributed by atoms with Crippen LogP contribution in [0.25, 0.3) is 11.1 Å². The van der Waals surface area contributed by atoms with Gasteiger partial charge in [-0.15, -0.1) is 0 Å². The van der Waals surface area contributed by atoms with Gasteiger partial charge in [0, 0.05) is 23.7 Å². The molecule has 1 aromatic heterocycles. The van der Waals surface area contributed by atoms with Crippen LogP contribution < -0.4 is 4.74 Å². The first-order chi connectivity index (χ1) is 18.7. The number of benzene rings is 2. The zero-order valence-electron chi connectivity index (χ0n) is 22.9. The molecule has 0 radical (unpaired) electrons. The number of carbonyl (C=O) groups excluding carboxylic acids is 1. The molecule has 0 bridgehead atoms. The normalized spacial score (nSPS) is 11.7. The highest BCUT2D eigenvalue weighted by Gasteiger charge is 2.16. The van der Waals surface area contributed by atoms with Gasteiger partial charge < -0.3 is 9.47 Å². The second-order valence-corrected chi connectivity index (χ2v) is 10.7. The summed E-state index contributed by atoms with van der Waals surface area (Å²) in [6, 6.07) is 17.2. The van der Waals surface area contributed by atoms with Crippen molar-refractivity contribution in [3.8, 4) is 16.9 Å². The van der Waals surface area contributed by atoms with Crippen LogP contribution in [0.4, 0.5) is 0 Å². The maximum atomic E-state index is 12.3. The molecule has 3 aromatic rings. The Morgan fingerprint density at radius 2 is 1.39 bits per heavy atom. The highest BCUT2D eigenvalue weighted by atomic mass is 32.2. The predicted molar refractivity (Wildman–Crippen MR) is 156 cm³/mol. The number of carbonyl (C=O) groups is 1. The van der Waals surface area contributed by atoms with Crippen molar-refractivity contribution in [1.82, 2.24) is 9.97 Å². The molecular formula is C32H42N2O3S. The molecule has 6 heteroatoms. The number of hydrogen-bond donors (Lipinski definition) is 0. The van der Waals surface area contributed by atoms with Gasteiger partial charge in [-0.25, -0.2) is 14.8 Å². The van der Waals surface area contributed by atoms with Crippen molar-refractivity contribution in [3.63, 3.8) is 0 Å². The largest absolute Gasteiger partial charge is 0.479 e. The lowest BCUT2D eigenvalue weighted by Gasteiger charge is -2.14. The van der Waals surface area contributed by atoms with E-state index in [0.717, 1.165) is 27.6 Å². The van der Waals surface area contributed by atoms with Crippen molar-refractivity contribution in [2.75, 3.05) is 5.75 Å². The van der Waals surface area contributed by atoms with E-state index in [4.69, 9.17) is 9.47 Å². The van der Waals surface area contributed by atoms with Crippen LogP contribution >= 0.6 is 11.8 Å². The highest BCUT2D eigenvalue weighted by molar-refractivity contribution is 7.99. The van der Waals surface area contributed by atoms with Crippen molar-refractivity contribution in [1.29, 1.82) is 0 Å². The van der Waals surface area contributed by atoms with Gasteiger partial charge >= 0.3 is 5.97 Å². The predicted octanol–water partition coefficient (Wildman–Crippen LogP) is 8.67. The molecule has 0 spiro atoms. The van der Waals surface area contributed by atoms with Crippen molar-refractivity contribution in [2.45, 2.75) is 95.9 Å². The molecule has 0 aliphatic heterocycles. The topological polar surface area (TPSA) is 61.3 Å². The van der Waals surface area contributed by atoms with Gasteiger partial charge in [0.15, 0.2) is 11.3 Å². The molecule has 38 heavy (non-hydrogen) atoms. The third kappa shape index (κ3) is 11.3. The molecule has 2 aromatic carbocycles. The van der Waals surface area contributed by atoms with Gasteiger partial charge in [0.05, 0.1) is 0 Å². The third-order valence-corrected chi connectivity index (χ3v) is 7.38. The summed E-state index contributed by atoms with van der Waals surface area (Å²) in [5, 5.41) is 0.826. The van der Waals surface area contributed by atoms with Gasteiger partial charge in [-0.05, 0) is 36.6 Å². The van der Waals surface area contributed by atoms with Gasteiger partial charge in [-0.2, -0.15) is 0 Å². The number of aromatic nitrogens is 2. The molecule has 0 N–H and O–H groups in total.